The van der Waals surface area contributed by atoms with Crippen LogP contribution in [0.2, 0.25) is 0 Å². The molecule has 8 nitrogen and oxygen atoms in total. The van der Waals surface area contributed by atoms with Gasteiger partial charge >= 0.3 is 0 Å². The number of aromatic nitrogens is 4. The molecule has 2 aromatic rings. The Morgan fingerprint density at radius 3 is 2.74 bits per heavy atom. The zero-order chi connectivity index (χ0) is 18.9. The number of aryl methyl sites for hydroxylation is 1. The Bertz CT molecular complexity index is 912. The fourth-order valence-electron chi connectivity index (χ4n) is 3.67. The molecule has 1 saturated heterocycles. The lowest BCUT2D eigenvalue weighted by atomic mass is 9.95. The van der Waals surface area contributed by atoms with E-state index in [2.05, 4.69) is 31.4 Å². The molecular weight excluding hydrogens is 342 g/mol. The lowest BCUT2D eigenvalue weighted by molar-refractivity contribution is -0.132. The number of amides is 1. The molecule has 4 heterocycles. The minimum atomic E-state index is -0.385. The fraction of sp³-hybridized carbons (Fsp3) is 0.579. The second-order valence-corrected chi connectivity index (χ2v) is 7.34. The maximum atomic E-state index is 12.6. The van der Waals surface area contributed by atoms with E-state index in [-0.39, 0.29) is 17.5 Å². The SMILES string of the molecule is C#CCCC1(CCC(=O)N2CCC(c3nnc4ccc(C)nn34)CC2)N=N1. The van der Waals surface area contributed by atoms with Crippen molar-refractivity contribution in [3.63, 3.8) is 0 Å². The highest BCUT2D eigenvalue weighted by atomic mass is 16.2. The number of fused-ring (bicyclic) bond motifs is 1. The van der Waals surface area contributed by atoms with Gasteiger partial charge in [0.25, 0.3) is 0 Å². The van der Waals surface area contributed by atoms with Gasteiger partial charge in [-0.2, -0.15) is 19.8 Å². The third kappa shape index (κ3) is 3.68. The Hall–Kier alpha value is -2.82. The van der Waals surface area contributed by atoms with Crippen molar-refractivity contribution in [3.8, 4) is 12.3 Å². The molecule has 2 aliphatic rings. The summed E-state index contributed by atoms with van der Waals surface area (Å²) in [5, 5.41) is 21.3. The third-order valence-electron chi connectivity index (χ3n) is 5.42. The highest BCUT2D eigenvalue weighted by Gasteiger charge is 2.40. The quantitative estimate of drug-likeness (QED) is 0.736. The summed E-state index contributed by atoms with van der Waals surface area (Å²) in [6, 6.07) is 3.87. The Kier molecular flexibility index (Phi) is 4.60. The van der Waals surface area contributed by atoms with Crippen LogP contribution >= 0.6 is 0 Å². The Balaban J connectivity index is 1.31. The maximum Gasteiger partial charge on any atom is 0.222 e. The minimum absolute atomic E-state index is 0.172. The van der Waals surface area contributed by atoms with E-state index in [1.54, 1.807) is 0 Å². The zero-order valence-electron chi connectivity index (χ0n) is 15.5. The summed E-state index contributed by atoms with van der Waals surface area (Å²) in [7, 11) is 0. The van der Waals surface area contributed by atoms with Gasteiger partial charge in [0, 0.05) is 44.7 Å². The first-order chi connectivity index (χ1) is 13.1. The van der Waals surface area contributed by atoms with Gasteiger partial charge in [0.1, 0.15) is 0 Å². The van der Waals surface area contributed by atoms with Gasteiger partial charge in [-0.05, 0) is 31.9 Å². The van der Waals surface area contributed by atoms with Gasteiger partial charge in [0.05, 0.1) is 5.69 Å². The lowest BCUT2D eigenvalue weighted by Crippen LogP contribution is -2.38. The zero-order valence-corrected chi connectivity index (χ0v) is 15.5. The number of terminal acetylenes is 1. The summed E-state index contributed by atoms with van der Waals surface area (Å²) in [5.41, 5.74) is 1.32. The van der Waals surface area contributed by atoms with Crippen LogP contribution in [0, 0.1) is 19.3 Å². The second-order valence-electron chi connectivity index (χ2n) is 7.34. The number of carbonyl (C=O) groups is 1. The van der Waals surface area contributed by atoms with E-state index in [0.29, 0.717) is 19.3 Å². The predicted molar refractivity (Wildman–Crippen MR) is 99.0 cm³/mol. The summed E-state index contributed by atoms with van der Waals surface area (Å²) in [5.74, 6) is 3.95. The molecule has 140 valence electrons. The predicted octanol–water partition coefficient (Wildman–Crippen LogP) is 2.49. The van der Waals surface area contributed by atoms with Crippen LogP contribution in [0.3, 0.4) is 0 Å². The standard InChI is InChI=1S/C19H23N7O/c1-3-4-10-19(23-24-19)11-7-17(27)25-12-8-15(9-13-25)18-21-20-16-6-5-14(2)22-26(16)18/h1,5-6,15H,4,7-13H2,2H3. The van der Waals surface area contributed by atoms with E-state index in [1.807, 2.05) is 28.5 Å². The van der Waals surface area contributed by atoms with Gasteiger partial charge in [-0.25, -0.2) is 0 Å². The van der Waals surface area contributed by atoms with Crippen molar-refractivity contribution in [2.45, 2.75) is 57.0 Å². The van der Waals surface area contributed by atoms with Crippen LogP contribution in [-0.4, -0.2) is 49.4 Å². The number of hydrogen-bond acceptors (Lipinski definition) is 6. The van der Waals surface area contributed by atoms with Crippen LogP contribution in [0.25, 0.3) is 5.65 Å². The molecule has 1 amide bonds. The molecule has 2 aliphatic heterocycles. The van der Waals surface area contributed by atoms with Crippen LogP contribution in [0.5, 0.6) is 0 Å². The molecule has 8 heteroatoms. The third-order valence-corrected chi connectivity index (χ3v) is 5.42. The van der Waals surface area contributed by atoms with Gasteiger partial charge < -0.3 is 4.90 Å². The van der Waals surface area contributed by atoms with E-state index in [0.717, 1.165) is 49.5 Å². The van der Waals surface area contributed by atoms with Crippen LogP contribution in [0.15, 0.2) is 22.4 Å². The number of nitrogens with zero attached hydrogens (tertiary/aromatic N) is 7. The molecule has 0 radical (unpaired) electrons. The fourth-order valence-corrected chi connectivity index (χ4v) is 3.67. The molecule has 0 saturated carbocycles. The molecule has 0 aromatic carbocycles. The van der Waals surface area contributed by atoms with Gasteiger partial charge in [-0.15, -0.1) is 22.5 Å². The highest BCUT2D eigenvalue weighted by molar-refractivity contribution is 5.76. The number of likely N-dealkylation sites (tertiary alicyclic amines) is 1. The molecule has 0 N–H and O–H groups in total. The average Bonchev–Trinajstić information content (AvgIpc) is 3.35. The molecule has 0 atom stereocenters. The highest BCUT2D eigenvalue weighted by Crippen LogP contribution is 2.38. The molecule has 4 rings (SSSR count). The van der Waals surface area contributed by atoms with Gasteiger partial charge in [-0.1, -0.05) is 0 Å². The van der Waals surface area contributed by atoms with E-state index >= 15 is 0 Å². The van der Waals surface area contributed by atoms with Crippen LogP contribution in [-0.2, 0) is 4.79 Å². The second kappa shape index (κ2) is 7.06. The monoisotopic (exact) mass is 365 g/mol. The summed E-state index contributed by atoms with van der Waals surface area (Å²) < 4.78 is 1.84. The van der Waals surface area contributed by atoms with Crippen LogP contribution < -0.4 is 0 Å². The number of hydrogen-bond donors (Lipinski definition) is 0. The molecule has 2 aromatic heterocycles. The first-order valence-corrected chi connectivity index (χ1v) is 9.44. The Morgan fingerprint density at radius 1 is 1.26 bits per heavy atom. The Morgan fingerprint density at radius 2 is 2.04 bits per heavy atom. The van der Waals surface area contributed by atoms with Crippen molar-refractivity contribution in [2.24, 2.45) is 10.2 Å². The smallest absolute Gasteiger partial charge is 0.222 e. The van der Waals surface area contributed by atoms with Crippen LogP contribution in [0.4, 0.5) is 0 Å². The summed E-state index contributed by atoms with van der Waals surface area (Å²) in [6.45, 7) is 3.42. The van der Waals surface area contributed by atoms with E-state index in [4.69, 9.17) is 6.42 Å². The first kappa shape index (κ1) is 17.6. The summed E-state index contributed by atoms with van der Waals surface area (Å²) >= 11 is 0. The number of carbonyl (C=O) groups excluding carboxylic acids is 1. The van der Waals surface area contributed by atoms with Crippen molar-refractivity contribution >= 4 is 11.6 Å². The largest absolute Gasteiger partial charge is 0.343 e. The number of piperidine rings is 1. The minimum Gasteiger partial charge on any atom is -0.343 e. The summed E-state index contributed by atoms with van der Waals surface area (Å²) in [4.78, 5) is 14.5. The molecule has 0 aliphatic carbocycles. The first-order valence-electron chi connectivity index (χ1n) is 9.44. The van der Waals surface area contributed by atoms with Crippen molar-refractivity contribution in [1.82, 2.24) is 24.7 Å². The van der Waals surface area contributed by atoms with E-state index in [9.17, 15) is 4.79 Å². The lowest BCUT2D eigenvalue weighted by Gasteiger charge is -2.31. The molecular formula is C19H23N7O. The van der Waals surface area contributed by atoms with E-state index in [1.165, 1.54) is 0 Å². The van der Waals surface area contributed by atoms with Crippen molar-refractivity contribution in [2.75, 3.05) is 13.1 Å². The van der Waals surface area contributed by atoms with Crippen molar-refractivity contribution < 1.29 is 4.79 Å². The molecule has 1 fully saturated rings. The summed E-state index contributed by atoms with van der Waals surface area (Å²) in [6.07, 6.45) is 9.57. The number of rotatable bonds is 6. The van der Waals surface area contributed by atoms with Gasteiger partial charge in [0.15, 0.2) is 17.1 Å². The maximum absolute atomic E-state index is 12.6. The normalized spacial score (nSPS) is 18.6. The van der Waals surface area contributed by atoms with E-state index < -0.39 is 0 Å². The molecule has 0 spiro atoms. The molecule has 0 unspecified atom stereocenters. The van der Waals surface area contributed by atoms with Gasteiger partial charge in [-0.3, -0.25) is 4.79 Å². The molecule has 27 heavy (non-hydrogen) atoms. The molecule has 0 bridgehead atoms. The van der Waals surface area contributed by atoms with Crippen LogP contribution in [0.1, 0.15) is 56.0 Å². The average molecular weight is 365 g/mol. The van der Waals surface area contributed by atoms with Gasteiger partial charge in [0.2, 0.25) is 5.91 Å². The van der Waals surface area contributed by atoms with Crippen molar-refractivity contribution in [1.29, 1.82) is 0 Å². The van der Waals surface area contributed by atoms with Crippen molar-refractivity contribution in [3.05, 3.63) is 23.7 Å². The topological polar surface area (TPSA) is 88.1 Å². The Labute approximate surface area is 158 Å².